The molecule has 5 rings (SSSR count). The maximum Gasteiger partial charge on any atom is 0.230 e. The zero-order chi connectivity index (χ0) is 23.8. The van der Waals surface area contributed by atoms with Crippen LogP contribution in [-0.2, 0) is 10.5 Å². The fraction of sp³-hybridized carbons (Fsp3) is 0.167. The molecule has 3 aromatic heterocycles. The smallest absolute Gasteiger partial charge is 0.230 e. The van der Waals surface area contributed by atoms with Crippen LogP contribution in [0, 0.1) is 12.7 Å². The highest BCUT2D eigenvalue weighted by Gasteiger charge is 2.21. The van der Waals surface area contributed by atoms with Gasteiger partial charge in [0.2, 0.25) is 5.91 Å². The zero-order valence-electron chi connectivity index (χ0n) is 18.7. The van der Waals surface area contributed by atoms with Crippen molar-refractivity contribution in [2.24, 2.45) is 0 Å². The lowest BCUT2D eigenvalue weighted by molar-refractivity contribution is -0.115. The normalized spacial score (nSPS) is 11.3. The molecule has 0 aliphatic rings. The number of para-hydroxylation sites is 1. The lowest BCUT2D eigenvalue weighted by atomic mass is 10.1. The monoisotopic (exact) mass is 493 g/mol. The third-order valence-electron chi connectivity index (χ3n) is 5.36. The second-order valence-electron chi connectivity index (χ2n) is 7.60. The van der Waals surface area contributed by atoms with E-state index in [9.17, 15) is 9.18 Å². The third kappa shape index (κ3) is 3.99. The Balaban J connectivity index is 1.45. The number of hydrogen-bond acceptors (Lipinski definition) is 7. The van der Waals surface area contributed by atoms with Gasteiger partial charge in [0.05, 0.1) is 24.0 Å². The maximum absolute atomic E-state index is 14.3. The van der Waals surface area contributed by atoms with Gasteiger partial charge < -0.3 is 4.74 Å². The van der Waals surface area contributed by atoms with Gasteiger partial charge in [-0.3, -0.25) is 14.1 Å². The second-order valence-corrected chi connectivity index (χ2v) is 9.38. The Labute approximate surface area is 203 Å². The molecule has 0 spiro atoms. The van der Waals surface area contributed by atoms with E-state index in [4.69, 9.17) is 4.74 Å². The van der Waals surface area contributed by atoms with Crippen molar-refractivity contribution in [2.45, 2.75) is 24.8 Å². The first-order valence-corrected chi connectivity index (χ1v) is 12.3. The minimum Gasteiger partial charge on any atom is -0.497 e. The number of ether oxygens (including phenoxy) is 1. The van der Waals surface area contributed by atoms with Crippen molar-refractivity contribution in [1.29, 1.82) is 0 Å². The fourth-order valence-corrected chi connectivity index (χ4v) is 5.60. The summed E-state index contributed by atoms with van der Waals surface area (Å²) in [7, 11) is 1.64. The number of fused-ring (bicyclic) bond motifs is 3. The van der Waals surface area contributed by atoms with Crippen LogP contribution in [0.25, 0.3) is 16.6 Å². The van der Waals surface area contributed by atoms with E-state index in [1.807, 2.05) is 41.0 Å². The third-order valence-corrected chi connectivity index (χ3v) is 7.20. The van der Waals surface area contributed by atoms with Crippen molar-refractivity contribution >= 4 is 56.4 Å². The van der Waals surface area contributed by atoms with Crippen molar-refractivity contribution in [2.75, 3.05) is 12.0 Å². The molecule has 10 heteroatoms. The number of carbonyl (C=O) groups is 1. The van der Waals surface area contributed by atoms with Crippen LogP contribution in [0.1, 0.15) is 18.2 Å². The van der Waals surface area contributed by atoms with Crippen LogP contribution in [0.5, 0.6) is 5.75 Å². The topological polar surface area (TPSA) is 72.6 Å². The van der Waals surface area contributed by atoms with Crippen LogP contribution in [0.2, 0.25) is 0 Å². The van der Waals surface area contributed by atoms with Gasteiger partial charge in [0, 0.05) is 29.5 Å². The molecule has 0 N–H and O–H groups in total. The summed E-state index contributed by atoms with van der Waals surface area (Å²) in [6.45, 7) is 3.44. The largest absolute Gasteiger partial charge is 0.497 e. The fourth-order valence-electron chi connectivity index (χ4n) is 3.77. The highest BCUT2D eigenvalue weighted by molar-refractivity contribution is 7.98. The van der Waals surface area contributed by atoms with Crippen LogP contribution < -0.4 is 9.64 Å². The molecule has 172 valence electrons. The minimum absolute atomic E-state index is 0.183. The number of thiazole rings is 1. The molecule has 1 amide bonds. The number of anilines is 2. The lowest BCUT2D eigenvalue weighted by Crippen LogP contribution is -2.23. The van der Waals surface area contributed by atoms with E-state index in [0.29, 0.717) is 10.9 Å². The van der Waals surface area contributed by atoms with Gasteiger partial charge in [0.25, 0.3) is 0 Å². The Kier molecular flexibility index (Phi) is 5.93. The summed E-state index contributed by atoms with van der Waals surface area (Å²) < 4.78 is 21.8. The number of aryl methyl sites for hydroxylation is 1. The molecule has 0 aliphatic carbocycles. The van der Waals surface area contributed by atoms with Crippen molar-refractivity contribution in [3.63, 3.8) is 0 Å². The van der Waals surface area contributed by atoms with Crippen molar-refractivity contribution in [3.05, 3.63) is 71.0 Å². The molecule has 0 saturated heterocycles. The Morgan fingerprint density at radius 2 is 2.03 bits per heavy atom. The molecule has 3 heterocycles. The predicted molar refractivity (Wildman–Crippen MR) is 133 cm³/mol. The Bertz CT molecular complexity index is 1530. The number of hydrogen-bond donors (Lipinski definition) is 0. The minimum atomic E-state index is -0.476. The number of rotatable bonds is 6. The highest BCUT2D eigenvalue weighted by Crippen LogP contribution is 2.33. The van der Waals surface area contributed by atoms with Crippen LogP contribution in [-0.4, -0.2) is 32.6 Å². The summed E-state index contributed by atoms with van der Waals surface area (Å²) in [6.07, 6.45) is 0. The first kappa shape index (κ1) is 22.3. The summed E-state index contributed by atoms with van der Waals surface area (Å²) in [5, 5.41) is 12.8. The van der Waals surface area contributed by atoms with Crippen molar-refractivity contribution in [1.82, 2.24) is 19.6 Å². The average Bonchev–Trinajstić information content (AvgIpc) is 3.45. The Morgan fingerprint density at radius 3 is 2.79 bits per heavy atom. The standard InChI is InChI=1S/C24H20FN5O2S2/c1-14-10-22-27-28-24(30(22)21-11-17(32-3)8-9-18(14)21)34-13-16-12-33-23(26-16)29(15(2)31)20-7-5-4-6-19(20)25/h4-12H,13H2,1-3H3. The van der Waals surface area contributed by atoms with Gasteiger partial charge in [0.15, 0.2) is 15.9 Å². The summed E-state index contributed by atoms with van der Waals surface area (Å²) in [5.74, 6) is 0.486. The number of aromatic nitrogens is 4. The summed E-state index contributed by atoms with van der Waals surface area (Å²) >= 11 is 2.79. The van der Waals surface area contributed by atoms with E-state index in [-0.39, 0.29) is 11.6 Å². The second kappa shape index (κ2) is 9.03. The van der Waals surface area contributed by atoms with E-state index < -0.39 is 5.82 Å². The number of halogens is 1. The number of thioether (sulfide) groups is 1. The van der Waals surface area contributed by atoms with E-state index in [1.165, 1.54) is 41.0 Å². The molecule has 0 saturated carbocycles. The van der Waals surface area contributed by atoms with Crippen LogP contribution in [0.4, 0.5) is 15.2 Å². The molecule has 0 bridgehead atoms. The number of methoxy groups -OCH3 is 1. The molecule has 2 aromatic carbocycles. The maximum atomic E-state index is 14.3. The molecular formula is C24H20FN5O2S2. The van der Waals surface area contributed by atoms with E-state index in [0.717, 1.165) is 38.7 Å². The molecule has 34 heavy (non-hydrogen) atoms. The first-order valence-electron chi connectivity index (χ1n) is 10.4. The van der Waals surface area contributed by atoms with Gasteiger partial charge in [-0.1, -0.05) is 23.9 Å². The number of pyridine rings is 1. The van der Waals surface area contributed by atoms with Crippen LogP contribution >= 0.6 is 23.1 Å². The van der Waals surface area contributed by atoms with Crippen molar-refractivity contribution < 1.29 is 13.9 Å². The molecule has 0 atom stereocenters. The molecule has 0 aliphatic heterocycles. The number of nitrogens with zero attached hydrogens (tertiary/aromatic N) is 5. The van der Waals surface area contributed by atoms with Crippen LogP contribution in [0.3, 0.4) is 0 Å². The SMILES string of the molecule is COc1ccc2c(C)cc3nnc(SCc4csc(N(C(C)=O)c5ccccc5F)n4)n3c2c1. The summed E-state index contributed by atoms with van der Waals surface area (Å²) in [6, 6.07) is 14.1. The van der Waals surface area contributed by atoms with Crippen molar-refractivity contribution in [3.8, 4) is 5.75 Å². The summed E-state index contributed by atoms with van der Waals surface area (Å²) in [5.41, 5.74) is 3.77. The predicted octanol–water partition coefficient (Wildman–Crippen LogP) is 5.77. The average molecular weight is 494 g/mol. The molecule has 0 unspecified atom stereocenters. The van der Waals surface area contributed by atoms with Gasteiger partial charge in [0.1, 0.15) is 11.6 Å². The van der Waals surface area contributed by atoms with Gasteiger partial charge in [-0.15, -0.1) is 21.5 Å². The van der Waals surface area contributed by atoms with Gasteiger partial charge in [-0.25, -0.2) is 9.37 Å². The number of carbonyl (C=O) groups excluding carboxylic acids is 1. The summed E-state index contributed by atoms with van der Waals surface area (Å²) in [4.78, 5) is 18.2. The van der Waals surface area contributed by atoms with E-state index >= 15 is 0 Å². The molecular weight excluding hydrogens is 473 g/mol. The zero-order valence-corrected chi connectivity index (χ0v) is 20.3. The van der Waals surface area contributed by atoms with Crippen LogP contribution in [0.15, 0.2) is 59.1 Å². The van der Waals surface area contributed by atoms with E-state index in [2.05, 4.69) is 15.2 Å². The molecule has 0 radical (unpaired) electrons. The Hall–Kier alpha value is -3.50. The highest BCUT2D eigenvalue weighted by atomic mass is 32.2. The van der Waals surface area contributed by atoms with Gasteiger partial charge >= 0.3 is 0 Å². The van der Waals surface area contributed by atoms with Gasteiger partial charge in [-0.2, -0.15) is 0 Å². The van der Waals surface area contributed by atoms with Gasteiger partial charge in [-0.05, 0) is 42.8 Å². The quantitative estimate of drug-likeness (QED) is 0.280. The first-order chi connectivity index (χ1) is 16.5. The molecule has 5 aromatic rings. The Morgan fingerprint density at radius 1 is 1.21 bits per heavy atom. The molecule has 0 fully saturated rings. The number of amides is 1. The number of benzene rings is 2. The molecule has 7 nitrogen and oxygen atoms in total. The van der Waals surface area contributed by atoms with E-state index in [1.54, 1.807) is 25.3 Å². The lowest BCUT2D eigenvalue weighted by Gasteiger charge is -2.18.